The van der Waals surface area contributed by atoms with E-state index in [0.717, 1.165) is 0 Å². The van der Waals surface area contributed by atoms with Crippen molar-refractivity contribution < 1.29 is 22.7 Å². The van der Waals surface area contributed by atoms with Gasteiger partial charge in [-0.15, -0.1) is 0 Å². The van der Waals surface area contributed by atoms with Crippen molar-refractivity contribution >= 4 is 21.7 Å². The predicted octanol–water partition coefficient (Wildman–Crippen LogP) is -2.26. The Balaban J connectivity index is 2.04. The molecule has 0 aromatic carbocycles. The third-order valence-corrected chi connectivity index (χ3v) is 5.53. The van der Waals surface area contributed by atoms with E-state index < -0.39 is 15.9 Å². The molecule has 2 N–H and O–H groups in total. The second kappa shape index (κ2) is 6.71. The number of sulfone groups is 1. The van der Waals surface area contributed by atoms with Gasteiger partial charge in [-0.05, 0) is 6.42 Å². The average Bonchev–Trinajstić information content (AvgIpc) is 2.80. The van der Waals surface area contributed by atoms with E-state index in [1.807, 2.05) is 0 Å². The molecule has 0 aromatic heterocycles. The highest BCUT2D eigenvalue weighted by atomic mass is 32.2. The normalized spacial score (nSPS) is 28.1. The first-order chi connectivity index (χ1) is 9.93. The quantitative estimate of drug-likeness (QED) is 0.592. The lowest BCUT2D eigenvalue weighted by molar-refractivity contribution is -0.137. The molecule has 2 aliphatic heterocycles. The number of nitrogens with zero attached hydrogens (tertiary/aromatic N) is 1. The standard InChI is InChI=1S/C12H21N3O5S/c1-20-4-3-15(9-2-5-21(18,19)8-9)12(17)10-6-14-11(16)7-13-10/h9-10,13H,2-8H2,1H3,(H,14,16). The Kier molecular flexibility index (Phi) is 5.17. The van der Waals surface area contributed by atoms with E-state index in [-0.39, 0.29) is 42.5 Å². The second-order valence-corrected chi connectivity index (χ2v) is 7.55. The van der Waals surface area contributed by atoms with Gasteiger partial charge in [0, 0.05) is 26.2 Å². The van der Waals surface area contributed by atoms with Gasteiger partial charge >= 0.3 is 0 Å². The van der Waals surface area contributed by atoms with E-state index in [0.29, 0.717) is 19.6 Å². The Bertz CT molecular complexity index is 497. The maximum atomic E-state index is 12.6. The van der Waals surface area contributed by atoms with E-state index in [1.165, 1.54) is 7.11 Å². The van der Waals surface area contributed by atoms with Gasteiger partial charge in [-0.1, -0.05) is 0 Å². The van der Waals surface area contributed by atoms with Gasteiger partial charge < -0.3 is 15.0 Å². The van der Waals surface area contributed by atoms with Crippen molar-refractivity contribution in [1.29, 1.82) is 0 Å². The maximum absolute atomic E-state index is 12.6. The van der Waals surface area contributed by atoms with Crippen LogP contribution in [0, 0.1) is 0 Å². The van der Waals surface area contributed by atoms with Crippen molar-refractivity contribution in [2.75, 3.05) is 44.9 Å². The Morgan fingerprint density at radius 3 is 2.76 bits per heavy atom. The summed E-state index contributed by atoms with van der Waals surface area (Å²) in [5.74, 6) is -0.217. The highest BCUT2D eigenvalue weighted by Crippen LogP contribution is 2.18. The van der Waals surface area contributed by atoms with Crippen molar-refractivity contribution in [2.24, 2.45) is 0 Å². The number of hydrogen-bond donors (Lipinski definition) is 2. The lowest BCUT2D eigenvalue weighted by Crippen LogP contribution is -2.60. The van der Waals surface area contributed by atoms with Crippen molar-refractivity contribution in [1.82, 2.24) is 15.5 Å². The van der Waals surface area contributed by atoms with Gasteiger partial charge in [0.15, 0.2) is 9.84 Å². The van der Waals surface area contributed by atoms with Crippen LogP contribution < -0.4 is 10.6 Å². The highest BCUT2D eigenvalue weighted by molar-refractivity contribution is 7.91. The monoisotopic (exact) mass is 319 g/mol. The lowest BCUT2D eigenvalue weighted by atomic mass is 10.1. The predicted molar refractivity (Wildman–Crippen MR) is 75.4 cm³/mol. The molecule has 2 fully saturated rings. The van der Waals surface area contributed by atoms with Gasteiger partial charge in [-0.25, -0.2) is 8.42 Å². The number of methoxy groups -OCH3 is 1. The molecule has 120 valence electrons. The zero-order valence-electron chi connectivity index (χ0n) is 12.0. The van der Waals surface area contributed by atoms with Crippen LogP contribution in [0.25, 0.3) is 0 Å². The molecule has 0 aromatic rings. The van der Waals surface area contributed by atoms with Crippen LogP contribution in [0.5, 0.6) is 0 Å². The molecule has 0 bridgehead atoms. The van der Waals surface area contributed by atoms with E-state index in [2.05, 4.69) is 10.6 Å². The van der Waals surface area contributed by atoms with Crippen molar-refractivity contribution in [2.45, 2.75) is 18.5 Å². The topological polar surface area (TPSA) is 105 Å². The first-order valence-electron chi connectivity index (χ1n) is 6.93. The third kappa shape index (κ3) is 4.14. The molecule has 2 amide bonds. The molecule has 2 rings (SSSR count). The van der Waals surface area contributed by atoms with Crippen molar-refractivity contribution in [3.8, 4) is 0 Å². The van der Waals surface area contributed by atoms with Crippen LogP contribution in [-0.2, 0) is 24.2 Å². The second-order valence-electron chi connectivity index (χ2n) is 5.32. The number of carbonyl (C=O) groups is 2. The summed E-state index contributed by atoms with van der Waals surface area (Å²) >= 11 is 0. The summed E-state index contributed by atoms with van der Waals surface area (Å²) in [6.45, 7) is 1.02. The van der Waals surface area contributed by atoms with Gasteiger partial charge in [0.05, 0.1) is 24.7 Å². The highest BCUT2D eigenvalue weighted by Gasteiger charge is 2.37. The number of ether oxygens (including phenoxy) is 1. The van der Waals surface area contributed by atoms with E-state index in [9.17, 15) is 18.0 Å². The van der Waals surface area contributed by atoms with Crippen LogP contribution in [0.3, 0.4) is 0 Å². The summed E-state index contributed by atoms with van der Waals surface area (Å²) in [7, 11) is -1.53. The minimum Gasteiger partial charge on any atom is -0.383 e. The summed E-state index contributed by atoms with van der Waals surface area (Å²) in [5, 5.41) is 5.51. The SMILES string of the molecule is COCCN(C(=O)C1CNC(=O)CN1)C1CCS(=O)(=O)C1. The number of carbonyl (C=O) groups excluding carboxylic acids is 2. The third-order valence-electron chi connectivity index (χ3n) is 3.78. The molecular formula is C12H21N3O5S. The number of amides is 2. The molecule has 0 spiro atoms. The number of piperazine rings is 1. The minimum absolute atomic E-state index is 0.00152. The molecule has 2 atom stereocenters. The number of nitrogens with one attached hydrogen (secondary N) is 2. The van der Waals surface area contributed by atoms with Gasteiger partial charge in [-0.3, -0.25) is 14.9 Å². The van der Waals surface area contributed by atoms with E-state index >= 15 is 0 Å². The molecule has 21 heavy (non-hydrogen) atoms. The lowest BCUT2D eigenvalue weighted by Gasteiger charge is -2.33. The molecule has 0 radical (unpaired) electrons. The molecular weight excluding hydrogens is 298 g/mol. The number of hydrogen-bond acceptors (Lipinski definition) is 6. The average molecular weight is 319 g/mol. The molecule has 0 saturated carbocycles. The van der Waals surface area contributed by atoms with Crippen molar-refractivity contribution in [3.05, 3.63) is 0 Å². The fraction of sp³-hybridized carbons (Fsp3) is 0.833. The van der Waals surface area contributed by atoms with Crippen LogP contribution in [0.2, 0.25) is 0 Å². The molecule has 9 heteroatoms. The van der Waals surface area contributed by atoms with Crippen LogP contribution in [-0.4, -0.2) is 82.1 Å². The minimum atomic E-state index is -3.06. The zero-order chi connectivity index (χ0) is 15.5. The van der Waals surface area contributed by atoms with Crippen LogP contribution in [0.1, 0.15) is 6.42 Å². The van der Waals surface area contributed by atoms with Gasteiger partial charge in [-0.2, -0.15) is 0 Å². The van der Waals surface area contributed by atoms with Crippen LogP contribution in [0.4, 0.5) is 0 Å². The van der Waals surface area contributed by atoms with Gasteiger partial charge in [0.2, 0.25) is 11.8 Å². The smallest absolute Gasteiger partial charge is 0.241 e. The van der Waals surface area contributed by atoms with Crippen LogP contribution >= 0.6 is 0 Å². The zero-order valence-corrected chi connectivity index (χ0v) is 12.8. The maximum Gasteiger partial charge on any atom is 0.241 e. The fourth-order valence-corrected chi connectivity index (χ4v) is 4.36. The Hall–Kier alpha value is -1.19. The van der Waals surface area contributed by atoms with Gasteiger partial charge in [0.1, 0.15) is 6.04 Å². The van der Waals surface area contributed by atoms with E-state index in [1.54, 1.807) is 4.90 Å². The molecule has 2 unspecified atom stereocenters. The molecule has 2 aliphatic rings. The summed E-state index contributed by atoms with van der Waals surface area (Å²) in [4.78, 5) is 25.3. The van der Waals surface area contributed by atoms with Crippen LogP contribution in [0.15, 0.2) is 0 Å². The Labute approximate surface area is 124 Å². The molecule has 2 heterocycles. The largest absolute Gasteiger partial charge is 0.383 e. The summed E-state index contributed by atoms with van der Waals surface area (Å²) in [6.07, 6.45) is 0.455. The first-order valence-corrected chi connectivity index (χ1v) is 8.75. The molecule has 2 saturated heterocycles. The Morgan fingerprint density at radius 1 is 1.48 bits per heavy atom. The summed E-state index contributed by atoms with van der Waals surface area (Å²) < 4.78 is 28.2. The van der Waals surface area contributed by atoms with Gasteiger partial charge in [0.25, 0.3) is 0 Å². The fourth-order valence-electron chi connectivity index (χ4n) is 2.62. The Morgan fingerprint density at radius 2 is 2.24 bits per heavy atom. The summed E-state index contributed by atoms with van der Waals surface area (Å²) in [6, 6.07) is -0.820. The summed E-state index contributed by atoms with van der Waals surface area (Å²) in [5.41, 5.74) is 0. The molecule has 8 nitrogen and oxygen atoms in total. The first kappa shape index (κ1) is 16.2. The van der Waals surface area contributed by atoms with E-state index in [4.69, 9.17) is 4.74 Å². The molecule has 0 aliphatic carbocycles. The van der Waals surface area contributed by atoms with Crippen molar-refractivity contribution in [3.63, 3.8) is 0 Å². The number of rotatable bonds is 5.